The Morgan fingerprint density at radius 3 is 1.13 bits per heavy atom. The molecule has 0 amide bonds. The van der Waals surface area contributed by atoms with Gasteiger partial charge in [0.1, 0.15) is 0 Å². The number of hydrogen-bond donors (Lipinski definition) is 0. The topological polar surface area (TPSA) is 0 Å². The fourth-order valence-electron chi connectivity index (χ4n) is 2.70. The van der Waals surface area contributed by atoms with Gasteiger partial charge in [-0.05, 0) is 49.4 Å². The molecule has 0 spiro atoms. The first-order valence-corrected chi connectivity index (χ1v) is 6.36. The standard InChI is InChI=1S/C14H26.HI/c1-5-13(6-2)9-11-14(7-3,8-4)12-10-13;/h9,11H,5-8,10,12H2,1-4H3;1H. The molecule has 1 rings (SSSR count). The summed E-state index contributed by atoms with van der Waals surface area (Å²) in [5.41, 5.74) is 1.07. The molecule has 0 nitrogen and oxygen atoms in total. The van der Waals surface area contributed by atoms with E-state index in [0.29, 0.717) is 10.8 Å². The normalized spacial score (nSPS) is 22.1. The van der Waals surface area contributed by atoms with Gasteiger partial charge in [0.2, 0.25) is 0 Å². The van der Waals surface area contributed by atoms with Crippen LogP contribution in [0.2, 0.25) is 0 Å². The first kappa shape index (κ1) is 15.5. The summed E-state index contributed by atoms with van der Waals surface area (Å²) in [7, 11) is 0. The molecular weight excluding hydrogens is 295 g/mol. The lowest BCUT2D eigenvalue weighted by atomic mass is 9.65. The molecule has 0 atom stereocenters. The molecule has 0 fully saturated rings. The molecule has 0 N–H and O–H groups in total. The third-order valence-corrected chi connectivity index (χ3v) is 4.73. The third-order valence-electron chi connectivity index (χ3n) is 4.73. The molecule has 1 heteroatoms. The Morgan fingerprint density at radius 1 is 0.733 bits per heavy atom. The van der Waals surface area contributed by atoms with E-state index in [0.717, 1.165) is 0 Å². The summed E-state index contributed by atoms with van der Waals surface area (Å²) in [4.78, 5) is 0. The van der Waals surface area contributed by atoms with E-state index in [4.69, 9.17) is 0 Å². The van der Waals surface area contributed by atoms with Crippen molar-refractivity contribution in [2.45, 2.75) is 66.2 Å². The van der Waals surface area contributed by atoms with Crippen molar-refractivity contribution in [3.8, 4) is 0 Å². The Kier molecular flexibility index (Phi) is 6.46. The minimum absolute atomic E-state index is 0. The largest absolute Gasteiger partial charge is 0.107 e. The summed E-state index contributed by atoms with van der Waals surface area (Å²) in [6.07, 6.45) is 13.1. The molecule has 0 unspecified atom stereocenters. The average Bonchev–Trinajstić information content (AvgIpc) is 2.29. The summed E-state index contributed by atoms with van der Waals surface area (Å²) in [5.74, 6) is 0. The van der Waals surface area contributed by atoms with Crippen LogP contribution in [0.25, 0.3) is 0 Å². The van der Waals surface area contributed by atoms with Crippen LogP contribution in [-0.4, -0.2) is 0 Å². The second kappa shape index (κ2) is 6.27. The SMILES string of the molecule is CCC1(CC)C=CC(CC)(CC)CC1.I. The van der Waals surface area contributed by atoms with Gasteiger partial charge in [-0.2, -0.15) is 0 Å². The van der Waals surface area contributed by atoms with Crippen LogP contribution in [-0.2, 0) is 0 Å². The van der Waals surface area contributed by atoms with Crippen molar-refractivity contribution in [3.63, 3.8) is 0 Å². The van der Waals surface area contributed by atoms with E-state index in [-0.39, 0.29) is 24.0 Å². The van der Waals surface area contributed by atoms with Gasteiger partial charge in [0.15, 0.2) is 0 Å². The monoisotopic (exact) mass is 322 g/mol. The fraction of sp³-hybridized carbons (Fsp3) is 0.857. The number of hydrogen-bond acceptors (Lipinski definition) is 0. The van der Waals surface area contributed by atoms with Crippen LogP contribution in [0.3, 0.4) is 0 Å². The highest BCUT2D eigenvalue weighted by Crippen LogP contribution is 2.46. The zero-order chi connectivity index (χ0) is 10.7. The van der Waals surface area contributed by atoms with Gasteiger partial charge in [0.05, 0.1) is 0 Å². The Hall–Kier alpha value is 0.470. The summed E-state index contributed by atoms with van der Waals surface area (Å²) in [5, 5.41) is 0. The Bertz CT molecular complexity index is 175. The zero-order valence-electron chi connectivity index (χ0n) is 10.8. The second-order valence-electron chi connectivity index (χ2n) is 4.97. The van der Waals surface area contributed by atoms with Crippen molar-refractivity contribution >= 4 is 24.0 Å². The van der Waals surface area contributed by atoms with E-state index in [1.165, 1.54) is 38.5 Å². The molecule has 90 valence electrons. The van der Waals surface area contributed by atoms with Gasteiger partial charge in [0.25, 0.3) is 0 Å². The summed E-state index contributed by atoms with van der Waals surface area (Å²) < 4.78 is 0. The Balaban J connectivity index is 0.00000196. The van der Waals surface area contributed by atoms with Crippen LogP contribution < -0.4 is 0 Å². The van der Waals surface area contributed by atoms with Gasteiger partial charge in [0, 0.05) is 0 Å². The van der Waals surface area contributed by atoms with E-state index < -0.39 is 0 Å². The van der Waals surface area contributed by atoms with E-state index in [1.807, 2.05) is 0 Å². The molecule has 0 aliphatic heterocycles. The first-order chi connectivity index (χ1) is 6.66. The van der Waals surface area contributed by atoms with E-state index in [2.05, 4.69) is 39.8 Å². The van der Waals surface area contributed by atoms with Crippen LogP contribution in [0.15, 0.2) is 12.2 Å². The molecule has 1 aliphatic rings. The maximum atomic E-state index is 2.53. The van der Waals surface area contributed by atoms with Crippen molar-refractivity contribution in [2.24, 2.45) is 10.8 Å². The third kappa shape index (κ3) is 3.21. The smallest absolute Gasteiger partial charge is 0.0123 e. The number of rotatable bonds is 4. The average molecular weight is 322 g/mol. The minimum atomic E-state index is 0. The zero-order valence-corrected chi connectivity index (χ0v) is 13.1. The minimum Gasteiger partial charge on any atom is -0.107 e. The van der Waals surface area contributed by atoms with E-state index in [1.54, 1.807) is 0 Å². The summed E-state index contributed by atoms with van der Waals surface area (Å²) in [6.45, 7) is 9.33. The maximum Gasteiger partial charge on any atom is -0.0123 e. The fourth-order valence-corrected chi connectivity index (χ4v) is 2.70. The predicted octanol–water partition coefficient (Wildman–Crippen LogP) is 5.57. The highest BCUT2D eigenvalue weighted by Gasteiger charge is 2.34. The lowest BCUT2D eigenvalue weighted by Gasteiger charge is -2.40. The van der Waals surface area contributed by atoms with E-state index >= 15 is 0 Å². The van der Waals surface area contributed by atoms with E-state index in [9.17, 15) is 0 Å². The molecule has 15 heavy (non-hydrogen) atoms. The quantitative estimate of drug-likeness (QED) is 0.469. The molecule has 1 aliphatic carbocycles. The Labute approximate surface area is 113 Å². The summed E-state index contributed by atoms with van der Waals surface area (Å²) in [6, 6.07) is 0. The molecule has 0 radical (unpaired) electrons. The summed E-state index contributed by atoms with van der Waals surface area (Å²) >= 11 is 0. The van der Waals surface area contributed by atoms with Crippen molar-refractivity contribution < 1.29 is 0 Å². The molecular formula is C14H27I. The molecule has 0 aromatic rings. The van der Waals surface area contributed by atoms with Crippen molar-refractivity contribution in [3.05, 3.63) is 12.2 Å². The second-order valence-corrected chi connectivity index (χ2v) is 4.97. The molecule has 0 saturated carbocycles. The number of halogens is 1. The van der Waals surface area contributed by atoms with Gasteiger partial charge in [-0.25, -0.2) is 0 Å². The van der Waals surface area contributed by atoms with Gasteiger partial charge >= 0.3 is 0 Å². The molecule has 0 heterocycles. The van der Waals surface area contributed by atoms with Gasteiger partial charge in [-0.3, -0.25) is 0 Å². The highest BCUT2D eigenvalue weighted by atomic mass is 127. The lowest BCUT2D eigenvalue weighted by molar-refractivity contribution is 0.206. The van der Waals surface area contributed by atoms with Crippen molar-refractivity contribution in [1.82, 2.24) is 0 Å². The predicted molar refractivity (Wildman–Crippen MR) is 79.8 cm³/mol. The highest BCUT2D eigenvalue weighted by molar-refractivity contribution is 14.0. The van der Waals surface area contributed by atoms with Gasteiger partial charge in [-0.15, -0.1) is 24.0 Å². The maximum absolute atomic E-state index is 2.53. The molecule has 0 bridgehead atoms. The lowest BCUT2D eigenvalue weighted by Crippen LogP contribution is -2.28. The number of allylic oxidation sites excluding steroid dienone is 2. The van der Waals surface area contributed by atoms with Crippen LogP contribution in [0, 0.1) is 10.8 Å². The first-order valence-electron chi connectivity index (χ1n) is 6.36. The molecule has 0 saturated heterocycles. The van der Waals surface area contributed by atoms with Crippen molar-refractivity contribution in [2.75, 3.05) is 0 Å². The van der Waals surface area contributed by atoms with Gasteiger partial charge < -0.3 is 0 Å². The Morgan fingerprint density at radius 2 is 1.00 bits per heavy atom. The van der Waals surface area contributed by atoms with Crippen LogP contribution in [0.5, 0.6) is 0 Å². The van der Waals surface area contributed by atoms with Gasteiger partial charge in [-0.1, -0.05) is 39.8 Å². The molecule has 0 aromatic heterocycles. The van der Waals surface area contributed by atoms with Crippen LogP contribution in [0.1, 0.15) is 66.2 Å². The van der Waals surface area contributed by atoms with Crippen LogP contribution in [0.4, 0.5) is 0 Å². The van der Waals surface area contributed by atoms with Crippen molar-refractivity contribution in [1.29, 1.82) is 0 Å². The molecule has 0 aromatic carbocycles. The van der Waals surface area contributed by atoms with Crippen LogP contribution >= 0.6 is 24.0 Å².